The molecule has 29 heavy (non-hydrogen) atoms. The first-order chi connectivity index (χ1) is 14.2. The third kappa shape index (κ3) is 5.11. The molecule has 1 atom stereocenters. The van der Waals surface area contributed by atoms with Gasteiger partial charge in [-0.15, -0.1) is 0 Å². The van der Waals surface area contributed by atoms with Crippen LogP contribution in [0, 0.1) is 29.1 Å². The lowest BCUT2D eigenvalue weighted by atomic mass is 9.67. The SMILES string of the molecule is CC(CC1CCC(C2CCC(c3ccc(C#N)cc3)CC2)CC1)c1ccccc1. The molecule has 2 aliphatic carbocycles. The Bertz CT molecular complexity index is 784. The second-order valence-corrected chi connectivity index (χ2v) is 9.67. The van der Waals surface area contributed by atoms with Crippen molar-refractivity contribution in [1.82, 2.24) is 0 Å². The van der Waals surface area contributed by atoms with Gasteiger partial charge in [0, 0.05) is 0 Å². The Morgan fingerprint density at radius 2 is 1.38 bits per heavy atom. The van der Waals surface area contributed by atoms with E-state index in [-0.39, 0.29) is 0 Å². The number of benzene rings is 2. The van der Waals surface area contributed by atoms with E-state index in [1.165, 1.54) is 68.9 Å². The summed E-state index contributed by atoms with van der Waals surface area (Å²) in [5, 5.41) is 8.99. The average molecular weight is 386 g/mol. The maximum absolute atomic E-state index is 8.99. The molecule has 0 N–H and O–H groups in total. The predicted octanol–water partition coefficient (Wildman–Crippen LogP) is 7.83. The molecule has 2 saturated carbocycles. The van der Waals surface area contributed by atoms with Gasteiger partial charge in [-0.05, 0) is 97.8 Å². The summed E-state index contributed by atoms with van der Waals surface area (Å²) in [5.41, 5.74) is 3.73. The highest BCUT2D eigenvalue weighted by atomic mass is 14.4. The Morgan fingerprint density at radius 1 is 0.793 bits per heavy atom. The molecule has 0 aliphatic heterocycles. The van der Waals surface area contributed by atoms with E-state index in [4.69, 9.17) is 5.26 Å². The fourth-order valence-electron chi connectivity index (χ4n) is 6.07. The zero-order valence-corrected chi connectivity index (χ0v) is 17.9. The number of rotatable bonds is 5. The summed E-state index contributed by atoms with van der Waals surface area (Å²) in [5.74, 6) is 4.26. The van der Waals surface area contributed by atoms with Crippen molar-refractivity contribution in [3.05, 3.63) is 71.3 Å². The third-order valence-corrected chi connectivity index (χ3v) is 7.90. The zero-order valence-electron chi connectivity index (χ0n) is 17.9. The topological polar surface area (TPSA) is 23.8 Å². The summed E-state index contributed by atoms with van der Waals surface area (Å²) in [6.07, 6.45) is 12.6. The standard InChI is InChI=1S/C28H35N/c1-21(24-5-3-2-4-6-24)19-22-7-11-25(12-8-22)27-15-17-28(18-16-27)26-13-9-23(20-29)10-14-26/h2-6,9-10,13-14,21-22,25,27-28H,7-8,11-12,15-19H2,1H3. The van der Waals surface area contributed by atoms with Gasteiger partial charge in [-0.2, -0.15) is 5.26 Å². The zero-order chi connectivity index (χ0) is 20.1. The van der Waals surface area contributed by atoms with Crippen LogP contribution in [0.5, 0.6) is 0 Å². The highest BCUT2D eigenvalue weighted by Crippen LogP contribution is 2.45. The third-order valence-electron chi connectivity index (χ3n) is 7.90. The van der Waals surface area contributed by atoms with E-state index in [0.29, 0.717) is 11.8 Å². The molecule has 0 spiro atoms. The van der Waals surface area contributed by atoms with Gasteiger partial charge < -0.3 is 0 Å². The molecule has 0 aromatic heterocycles. The molecular weight excluding hydrogens is 350 g/mol. The highest BCUT2D eigenvalue weighted by Gasteiger charge is 2.31. The minimum absolute atomic E-state index is 0.695. The van der Waals surface area contributed by atoms with Gasteiger partial charge in [-0.1, -0.05) is 62.2 Å². The molecule has 0 radical (unpaired) electrons. The van der Waals surface area contributed by atoms with Crippen molar-refractivity contribution >= 4 is 0 Å². The molecule has 0 amide bonds. The van der Waals surface area contributed by atoms with Crippen LogP contribution in [0.25, 0.3) is 0 Å². The van der Waals surface area contributed by atoms with Gasteiger partial charge in [-0.25, -0.2) is 0 Å². The minimum atomic E-state index is 0.695. The van der Waals surface area contributed by atoms with Crippen molar-refractivity contribution < 1.29 is 0 Å². The number of nitriles is 1. The van der Waals surface area contributed by atoms with E-state index in [2.05, 4.69) is 55.5 Å². The van der Waals surface area contributed by atoms with Gasteiger partial charge in [0.15, 0.2) is 0 Å². The molecule has 0 bridgehead atoms. The Labute approximate surface area is 177 Å². The van der Waals surface area contributed by atoms with E-state index < -0.39 is 0 Å². The maximum Gasteiger partial charge on any atom is 0.0991 e. The van der Waals surface area contributed by atoms with E-state index in [1.807, 2.05) is 12.1 Å². The molecule has 0 saturated heterocycles. The number of hydrogen-bond donors (Lipinski definition) is 0. The van der Waals surface area contributed by atoms with Gasteiger partial charge in [0.25, 0.3) is 0 Å². The lowest BCUT2D eigenvalue weighted by Crippen LogP contribution is -2.25. The normalized spacial score (nSPS) is 28.4. The molecule has 2 aromatic rings. The fraction of sp³-hybridized carbons (Fsp3) is 0.536. The van der Waals surface area contributed by atoms with Crippen LogP contribution < -0.4 is 0 Å². The number of nitrogens with zero attached hydrogens (tertiary/aromatic N) is 1. The molecule has 2 aliphatic rings. The van der Waals surface area contributed by atoms with E-state index in [0.717, 1.165) is 23.3 Å². The Hall–Kier alpha value is -2.07. The van der Waals surface area contributed by atoms with Crippen molar-refractivity contribution in [1.29, 1.82) is 5.26 Å². The van der Waals surface area contributed by atoms with Crippen LogP contribution >= 0.6 is 0 Å². The van der Waals surface area contributed by atoms with Crippen LogP contribution in [0.3, 0.4) is 0 Å². The highest BCUT2D eigenvalue weighted by molar-refractivity contribution is 5.33. The van der Waals surface area contributed by atoms with E-state index in [1.54, 1.807) is 0 Å². The maximum atomic E-state index is 8.99. The summed E-state index contributed by atoms with van der Waals surface area (Å²) in [6, 6.07) is 21.6. The van der Waals surface area contributed by atoms with E-state index in [9.17, 15) is 0 Å². The molecular formula is C28H35N. The van der Waals surface area contributed by atoms with Crippen LogP contribution in [0.15, 0.2) is 54.6 Å². The smallest absolute Gasteiger partial charge is 0.0991 e. The second kappa shape index (κ2) is 9.62. The number of hydrogen-bond acceptors (Lipinski definition) is 1. The Balaban J connectivity index is 1.22. The van der Waals surface area contributed by atoms with Gasteiger partial charge in [0.2, 0.25) is 0 Å². The van der Waals surface area contributed by atoms with Crippen LogP contribution in [-0.4, -0.2) is 0 Å². The first-order valence-corrected chi connectivity index (χ1v) is 11.8. The second-order valence-electron chi connectivity index (χ2n) is 9.67. The van der Waals surface area contributed by atoms with E-state index >= 15 is 0 Å². The molecule has 1 nitrogen and oxygen atoms in total. The van der Waals surface area contributed by atoms with Crippen molar-refractivity contribution in [2.45, 2.75) is 76.5 Å². The summed E-state index contributed by atoms with van der Waals surface area (Å²) < 4.78 is 0. The minimum Gasteiger partial charge on any atom is -0.192 e. The first-order valence-electron chi connectivity index (χ1n) is 11.8. The Kier molecular flexibility index (Phi) is 6.70. The van der Waals surface area contributed by atoms with Crippen molar-refractivity contribution in [2.24, 2.45) is 17.8 Å². The van der Waals surface area contributed by atoms with Crippen LogP contribution in [0.1, 0.15) is 93.2 Å². The van der Waals surface area contributed by atoms with Crippen LogP contribution in [0.2, 0.25) is 0 Å². The fourth-order valence-corrected chi connectivity index (χ4v) is 6.07. The molecule has 1 heteroatoms. The van der Waals surface area contributed by atoms with Gasteiger partial charge in [0.1, 0.15) is 0 Å². The predicted molar refractivity (Wildman–Crippen MR) is 121 cm³/mol. The summed E-state index contributed by atoms with van der Waals surface area (Å²) in [7, 11) is 0. The quantitative estimate of drug-likeness (QED) is 0.514. The molecule has 0 heterocycles. The van der Waals surface area contributed by atoms with Crippen LogP contribution in [-0.2, 0) is 0 Å². The van der Waals surface area contributed by atoms with Crippen LogP contribution in [0.4, 0.5) is 0 Å². The first kappa shape index (κ1) is 20.2. The molecule has 152 valence electrons. The summed E-state index contributed by atoms with van der Waals surface area (Å²) in [6.45, 7) is 2.41. The Morgan fingerprint density at radius 3 is 1.97 bits per heavy atom. The van der Waals surface area contributed by atoms with Gasteiger partial charge in [0.05, 0.1) is 11.6 Å². The van der Waals surface area contributed by atoms with Crippen molar-refractivity contribution in [3.8, 4) is 6.07 Å². The lowest BCUT2D eigenvalue weighted by molar-refractivity contribution is 0.154. The lowest BCUT2D eigenvalue weighted by Gasteiger charge is -2.38. The monoisotopic (exact) mass is 385 g/mol. The van der Waals surface area contributed by atoms with Crippen molar-refractivity contribution in [2.75, 3.05) is 0 Å². The molecule has 2 aromatic carbocycles. The van der Waals surface area contributed by atoms with Gasteiger partial charge in [-0.3, -0.25) is 0 Å². The summed E-state index contributed by atoms with van der Waals surface area (Å²) >= 11 is 0. The van der Waals surface area contributed by atoms with Gasteiger partial charge >= 0.3 is 0 Å². The molecule has 1 unspecified atom stereocenters. The van der Waals surface area contributed by atoms with Crippen molar-refractivity contribution in [3.63, 3.8) is 0 Å². The largest absolute Gasteiger partial charge is 0.192 e. The summed E-state index contributed by atoms with van der Waals surface area (Å²) in [4.78, 5) is 0. The average Bonchev–Trinajstić information content (AvgIpc) is 2.80. The molecule has 4 rings (SSSR count). The molecule has 2 fully saturated rings.